The lowest BCUT2D eigenvalue weighted by atomic mass is 10.0. The Labute approximate surface area is 139 Å². The molecule has 0 unspecified atom stereocenters. The molecule has 0 heterocycles. The van der Waals surface area contributed by atoms with Gasteiger partial charge in [0.15, 0.2) is 0 Å². The van der Waals surface area contributed by atoms with Gasteiger partial charge in [-0.05, 0) is 30.9 Å². The van der Waals surface area contributed by atoms with Gasteiger partial charge in [-0.3, -0.25) is 4.99 Å². The lowest BCUT2D eigenvalue weighted by Gasteiger charge is -2.06. The summed E-state index contributed by atoms with van der Waals surface area (Å²) >= 11 is 3.53. The van der Waals surface area contributed by atoms with Gasteiger partial charge < -0.3 is 10.5 Å². The predicted molar refractivity (Wildman–Crippen MR) is 99.4 cm³/mol. The Morgan fingerprint density at radius 3 is 2.41 bits per heavy atom. The van der Waals surface area contributed by atoms with E-state index in [2.05, 4.69) is 30.3 Å². The van der Waals surface area contributed by atoms with Crippen molar-refractivity contribution < 1.29 is 4.74 Å². The van der Waals surface area contributed by atoms with E-state index in [0.717, 1.165) is 11.1 Å². The predicted octanol–water partition coefficient (Wildman–Crippen LogP) is 4.04. The Bertz CT molecular complexity index is 558. The van der Waals surface area contributed by atoms with Gasteiger partial charge in [0.1, 0.15) is 11.8 Å². The first-order valence-corrected chi connectivity index (χ1v) is 7.66. The molecular formula is C17H25N3OS. The molecule has 0 saturated carbocycles. The molecule has 1 rings (SSSR count). The Morgan fingerprint density at radius 1 is 1.41 bits per heavy atom. The van der Waals surface area contributed by atoms with Crippen LogP contribution in [0.5, 0.6) is 5.75 Å². The van der Waals surface area contributed by atoms with Gasteiger partial charge in [-0.25, -0.2) is 0 Å². The van der Waals surface area contributed by atoms with Gasteiger partial charge in [0.05, 0.1) is 12.7 Å². The average Bonchev–Trinajstić information content (AvgIpc) is 2.58. The van der Waals surface area contributed by atoms with E-state index in [9.17, 15) is 0 Å². The van der Waals surface area contributed by atoms with Crippen LogP contribution in [0.3, 0.4) is 0 Å². The zero-order valence-corrected chi connectivity index (χ0v) is 14.8. The van der Waals surface area contributed by atoms with E-state index in [0.29, 0.717) is 17.0 Å². The van der Waals surface area contributed by atoms with Gasteiger partial charge in [-0.2, -0.15) is 17.9 Å². The molecule has 120 valence electrons. The number of hydrogen-bond donors (Lipinski definition) is 2. The average molecular weight is 319 g/mol. The van der Waals surface area contributed by atoms with Gasteiger partial charge in [0.25, 0.3) is 0 Å². The normalized spacial score (nSPS) is 9.77. The fraction of sp³-hybridized carbons (Fsp3) is 0.294. The quantitative estimate of drug-likeness (QED) is 0.650. The number of methoxy groups -OCH3 is 1. The molecule has 0 atom stereocenters. The smallest absolute Gasteiger partial charge is 0.137 e. The molecule has 1 aromatic carbocycles. The first-order valence-electron chi connectivity index (χ1n) is 6.77. The van der Waals surface area contributed by atoms with E-state index in [4.69, 9.17) is 15.7 Å². The van der Waals surface area contributed by atoms with Crippen LogP contribution in [0.25, 0.3) is 5.57 Å². The summed E-state index contributed by atoms with van der Waals surface area (Å²) in [5, 5.41) is 8.91. The van der Waals surface area contributed by atoms with Crippen LogP contribution in [0.4, 0.5) is 0 Å². The maximum atomic E-state index is 8.91. The number of nitriles is 1. The molecule has 0 spiro atoms. The molecule has 0 bridgehead atoms. The van der Waals surface area contributed by atoms with Gasteiger partial charge in [0, 0.05) is 23.7 Å². The van der Waals surface area contributed by atoms with Crippen molar-refractivity contribution in [1.82, 2.24) is 0 Å². The van der Waals surface area contributed by atoms with E-state index in [1.165, 1.54) is 13.3 Å². The molecular weight excluding hydrogens is 294 g/mol. The summed E-state index contributed by atoms with van der Waals surface area (Å²) in [6.45, 7) is 9.48. The van der Waals surface area contributed by atoms with Gasteiger partial charge in [-0.1, -0.05) is 26.5 Å². The molecule has 2 N–H and O–H groups in total. The molecule has 0 saturated heterocycles. The summed E-state index contributed by atoms with van der Waals surface area (Å²) in [5.41, 5.74) is 8.30. The van der Waals surface area contributed by atoms with Crippen LogP contribution >= 0.6 is 12.6 Å². The van der Waals surface area contributed by atoms with Crippen molar-refractivity contribution in [1.29, 1.82) is 5.26 Å². The first kappa shape index (κ1) is 22.1. The van der Waals surface area contributed by atoms with Gasteiger partial charge >= 0.3 is 0 Å². The summed E-state index contributed by atoms with van der Waals surface area (Å²) in [5.74, 6) is 0.512. The molecule has 0 fully saturated rings. The minimum Gasteiger partial charge on any atom is -0.495 e. The van der Waals surface area contributed by atoms with E-state index in [1.54, 1.807) is 37.6 Å². The minimum absolute atomic E-state index is 0.481. The number of benzene rings is 1. The number of hydrogen-bond acceptors (Lipinski definition) is 5. The number of allylic oxidation sites excluding steroid dienone is 2. The lowest BCUT2D eigenvalue weighted by Crippen LogP contribution is -1.94. The maximum Gasteiger partial charge on any atom is 0.137 e. The Morgan fingerprint density at radius 2 is 2.00 bits per heavy atom. The van der Waals surface area contributed by atoms with E-state index >= 15 is 0 Å². The summed E-state index contributed by atoms with van der Waals surface area (Å²) < 4.78 is 5.14. The zero-order chi connectivity index (χ0) is 17.5. The minimum atomic E-state index is 0.481. The number of rotatable bonds is 4. The molecule has 0 radical (unpaired) electrons. The van der Waals surface area contributed by atoms with Crippen LogP contribution < -0.4 is 10.5 Å². The van der Waals surface area contributed by atoms with Crippen molar-refractivity contribution in [2.45, 2.75) is 20.8 Å². The second-order valence-electron chi connectivity index (χ2n) is 3.64. The molecule has 0 aliphatic heterocycles. The Balaban J connectivity index is 0. The van der Waals surface area contributed by atoms with Crippen LogP contribution in [0.1, 0.15) is 31.9 Å². The van der Waals surface area contributed by atoms with Gasteiger partial charge in [0.2, 0.25) is 0 Å². The van der Waals surface area contributed by atoms with Crippen LogP contribution in [0, 0.1) is 11.3 Å². The molecule has 4 nitrogen and oxygen atoms in total. The Kier molecular flexibility index (Phi) is 13.8. The monoisotopic (exact) mass is 319 g/mol. The zero-order valence-electron chi connectivity index (χ0n) is 13.9. The third kappa shape index (κ3) is 7.55. The van der Waals surface area contributed by atoms with Crippen molar-refractivity contribution >= 4 is 24.4 Å². The third-order valence-corrected chi connectivity index (χ3v) is 2.26. The first-order chi connectivity index (χ1) is 10.6. The Hall–Kier alpha value is -2.19. The fourth-order valence-electron chi connectivity index (χ4n) is 1.36. The second kappa shape index (κ2) is 13.8. The number of thiol groups is 1. The highest BCUT2D eigenvalue weighted by molar-refractivity contribution is 7.79. The van der Waals surface area contributed by atoms with Crippen LogP contribution in [-0.2, 0) is 0 Å². The maximum absolute atomic E-state index is 8.91. The highest BCUT2D eigenvalue weighted by atomic mass is 32.1. The van der Waals surface area contributed by atoms with Gasteiger partial charge in [-0.15, -0.1) is 0 Å². The summed E-state index contributed by atoms with van der Waals surface area (Å²) in [7, 11) is 1.52. The molecule has 5 heteroatoms. The summed E-state index contributed by atoms with van der Waals surface area (Å²) in [6, 6.07) is 7.29. The number of aliphatic imine (C=N–C) groups is 1. The molecule has 22 heavy (non-hydrogen) atoms. The lowest BCUT2D eigenvalue weighted by molar-refractivity contribution is 0.413. The van der Waals surface area contributed by atoms with Crippen molar-refractivity contribution in [2.24, 2.45) is 10.7 Å². The van der Waals surface area contributed by atoms with Crippen molar-refractivity contribution in [3.63, 3.8) is 0 Å². The molecule has 1 aromatic rings. The van der Waals surface area contributed by atoms with Crippen molar-refractivity contribution in [3.8, 4) is 11.8 Å². The fourth-order valence-corrected chi connectivity index (χ4v) is 1.36. The van der Waals surface area contributed by atoms with Crippen LogP contribution in [0.15, 0.2) is 41.7 Å². The number of nitrogens with two attached hydrogens (primary N) is 1. The standard InChI is InChI=1S/C14H15N3O.C2H6.CH4S/c1-10(2)17-9-13(8-16)11-4-5-12(7-15)14(6-11)18-3;2*1-2/h4-6,8-9H,1,16H2,2-3H3;1-2H3;2H,1H3/b13-8+,17-9?;;. The number of ether oxygens (including phenoxy) is 1. The van der Waals surface area contributed by atoms with E-state index < -0.39 is 0 Å². The highest BCUT2D eigenvalue weighted by Crippen LogP contribution is 2.23. The molecule has 0 aliphatic rings. The van der Waals surface area contributed by atoms with E-state index in [1.807, 2.05) is 13.8 Å². The van der Waals surface area contributed by atoms with Crippen LogP contribution in [0.2, 0.25) is 0 Å². The van der Waals surface area contributed by atoms with E-state index in [-0.39, 0.29) is 0 Å². The summed E-state index contributed by atoms with van der Waals surface area (Å²) in [6.07, 6.45) is 4.77. The molecule has 0 aromatic heterocycles. The summed E-state index contributed by atoms with van der Waals surface area (Å²) in [4.78, 5) is 4.10. The largest absolute Gasteiger partial charge is 0.495 e. The third-order valence-electron chi connectivity index (χ3n) is 2.26. The van der Waals surface area contributed by atoms with Crippen molar-refractivity contribution in [3.05, 3.63) is 47.8 Å². The SMILES string of the molecule is C=C(C)N=C/C(=C\N)c1ccc(C#N)c(OC)c1.CC.CS. The highest BCUT2D eigenvalue weighted by Gasteiger charge is 2.05. The van der Waals surface area contributed by atoms with Crippen LogP contribution in [-0.4, -0.2) is 19.6 Å². The number of nitrogens with zero attached hydrogens (tertiary/aromatic N) is 2. The van der Waals surface area contributed by atoms with Crippen molar-refractivity contribution in [2.75, 3.05) is 13.4 Å². The topological polar surface area (TPSA) is 71.4 Å². The second-order valence-corrected chi connectivity index (χ2v) is 3.64. The molecule has 0 amide bonds. The molecule has 0 aliphatic carbocycles.